The van der Waals surface area contributed by atoms with E-state index >= 15 is 0 Å². The van der Waals surface area contributed by atoms with E-state index in [9.17, 15) is 14.4 Å². The third-order valence-corrected chi connectivity index (χ3v) is 5.41. The average molecular weight is 462 g/mol. The van der Waals surface area contributed by atoms with Crippen molar-refractivity contribution in [1.82, 2.24) is 4.90 Å². The summed E-state index contributed by atoms with van der Waals surface area (Å²) in [5, 5.41) is -0.294. The van der Waals surface area contributed by atoms with Crippen LogP contribution in [0.3, 0.4) is 0 Å². The highest BCUT2D eigenvalue weighted by molar-refractivity contribution is 9.10. The molecule has 0 aliphatic carbocycles. The first-order valence-electron chi connectivity index (χ1n) is 8.26. The number of amides is 2. The number of rotatable bonds is 6. The number of hydrogen-bond donors (Lipinski definition) is 0. The molecule has 0 aromatic heterocycles. The lowest BCUT2D eigenvalue weighted by atomic mass is 10.2. The van der Waals surface area contributed by atoms with Gasteiger partial charge in [-0.15, -0.1) is 0 Å². The summed E-state index contributed by atoms with van der Waals surface area (Å²) in [6.07, 6.45) is 1.66. The molecule has 1 saturated heterocycles. The quantitative estimate of drug-likeness (QED) is 0.473. The highest BCUT2D eigenvalue weighted by Gasteiger charge is 2.34. The van der Waals surface area contributed by atoms with E-state index in [-0.39, 0.29) is 24.3 Å². The number of nitrogens with zero attached hydrogens (tertiary/aromatic N) is 1. The van der Waals surface area contributed by atoms with Crippen LogP contribution in [0.2, 0.25) is 0 Å². The van der Waals surface area contributed by atoms with Gasteiger partial charge >= 0.3 is 5.97 Å². The van der Waals surface area contributed by atoms with Gasteiger partial charge in [-0.2, -0.15) is 0 Å². The van der Waals surface area contributed by atoms with Crippen molar-refractivity contribution >= 4 is 50.9 Å². The van der Waals surface area contributed by atoms with E-state index < -0.39 is 5.97 Å². The van der Waals surface area contributed by atoms with Crippen molar-refractivity contribution in [1.29, 1.82) is 0 Å². The fraction of sp³-hybridized carbons (Fsp3) is 0.150. The maximum atomic E-state index is 12.6. The molecule has 0 radical (unpaired) electrons. The second-order valence-corrected chi connectivity index (χ2v) is 7.66. The van der Waals surface area contributed by atoms with Crippen molar-refractivity contribution in [3.8, 4) is 5.75 Å². The summed E-state index contributed by atoms with van der Waals surface area (Å²) in [7, 11) is 1.29. The molecule has 3 rings (SSSR count). The summed E-state index contributed by atoms with van der Waals surface area (Å²) in [4.78, 5) is 37.6. The molecule has 2 aromatic carbocycles. The normalized spacial score (nSPS) is 15.2. The summed E-state index contributed by atoms with van der Waals surface area (Å²) in [5.41, 5.74) is 1.61. The van der Waals surface area contributed by atoms with Gasteiger partial charge in [0.1, 0.15) is 5.75 Å². The SMILES string of the molecule is COC(=O)COc1ccc(/C=C2\SC(=O)N(Cc3ccccc3)C2=O)cc1Br. The zero-order valence-electron chi connectivity index (χ0n) is 14.9. The van der Waals surface area contributed by atoms with Crippen molar-refractivity contribution in [2.45, 2.75) is 6.54 Å². The Morgan fingerprint density at radius 1 is 1.18 bits per heavy atom. The molecule has 6 nitrogen and oxygen atoms in total. The van der Waals surface area contributed by atoms with E-state index in [1.54, 1.807) is 24.3 Å². The topological polar surface area (TPSA) is 72.9 Å². The molecule has 0 spiro atoms. The summed E-state index contributed by atoms with van der Waals surface area (Å²) >= 11 is 4.29. The summed E-state index contributed by atoms with van der Waals surface area (Å²) in [6.45, 7) is 0.0413. The van der Waals surface area contributed by atoms with Gasteiger partial charge in [-0.1, -0.05) is 36.4 Å². The summed E-state index contributed by atoms with van der Waals surface area (Å²) < 4.78 is 10.5. The fourth-order valence-electron chi connectivity index (χ4n) is 2.47. The Labute approximate surface area is 174 Å². The van der Waals surface area contributed by atoms with Gasteiger partial charge in [0.25, 0.3) is 11.1 Å². The molecule has 1 aliphatic rings. The maximum absolute atomic E-state index is 12.6. The number of imide groups is 1. The Morgan fingerprint density at radius 3 is 2.61 bits per heavy atom. The lowest BCUT2D eigenvalue weighted by molar-refractivity contribution is -0.142. The molecular formula is C20H16BrNO5S. The number of carbonyl (C=O) groups is 3. The van der Waals surface area contributed by atoms with Gasteiger partial charge in [-0.25, -0.2) is 4.79 Å². The molecule has 0 unspecified atom stereocenters. The minimum atomic E-state index is -0.483. The van der Waals surface area contributed by atoms with Crippen molar-refractivity contribution in [3.63, 3.8) is 0 Å². The number of thioether (sulfide) groups is 1. The second-order valence-electron chi connectivity index (χ2n) is 5.81. The minimum absolute atomic E-state index is 0.202. The van der Waals surface area contributed by atoms with Crippen molar-refractivity contribution in [2.75, 3.05) is 13.7 Å². The lowest BCUT2D eigenvalue weighted by Gasteiger charge is -2.12. The zero-order valence-corrected chi connectivity index (χ0v) is 17.3. The van der Waals surface area contributed by atoms with Gasteiger partial charge in [0.2, 0.25) is 0 Å². The van der Waals surface area contributed by atoms with E-state index in [0.717, 1.165) is 22.9 Å². The molecule has 2 aromatic rings. The number of carbonyl (C=O) groups excluding carboxylic acids is 3. The Bertz CT molecular complexity index is 945. The predicted molar refractivity (Wildman–Crippen MR) is 110 cm³/mol. The van der Waals surface area contributed by atoms with Crippen LogP contribution in [0, 0.1) is 0 Å². The van der Waals surface area contributed by atoms with Crippen LogP contribution in [-0.4, -0.2) is 35.7 Å². The summed E-state index contributed by atoms with van der Waals surface area (Å²) in [5.74, 6) is -0.330. The van der Waals surface area contributed by atoms with Crippen molar-refractivity contribution < 1.29 is 23.9 Å². The molecule has 8 heteroatoms. The molecule has 0 saturated carbocycles. The zero-order chi connectivity index (χ0) is 20.1. The molecule has 28 heavy (non-hydrogen) atoms. The average Bonchev–Trinajstić information content (AvgIpc) is 2.95. The second kappa shape index (κ2) is 9.07. The van der Waals surface area contributed by atoms with Crippen LogP contribution in [0.25, 0.3) is 6.08 Å². The molecule has 0 atom stereocenters. The van der Waals surface area contributed by atoms with E-state index in [2.05, 4.69) is 20.7 Å². The third kappa shape index (κ3) is 4.82. The number of halogens is 1. The standard InChI is InChI=1S/C20H16BrNO5S/c1-26-18(23)12-27-16-8-7-14(9-15(16)21)10-17-19(24)22(20(25)28-17)11-13-5-3-2-4-6-13/h2-10H,11-12H2,1H3/b17-10-. The Balaban J connectivity index is 1.73. The van der Waals surface area contributed by atoms with Gasteiger partial charge in [0.05, 0.1) is 23.0 Å². The van der Waals surface area contributed by atoms with Gasteiger partial charge in [-0.05, 0) is 57.0 Å². The van der Waals surface area contributed by atoms with Crippen LogP contribution in [0.15, 0.2) is 57.9 Å². The van der Waals surface area contributed by atoms with E-state index in [1.165, 1.54) is 12.0 Å². The lowest BCUT2D eigenvalue weighted by Crippen LogP contribution is -2.27. The highest BCUT2D eigenvalue weighted by atomic mass is 79.9. The molecule has 1 fully saturated rings. The molecule has 144 valence electrons. The Kier molecular flexibility index (Phi) is 6.53. The monoisotopic (exact) mass is 461 g/mol. The van der Waals surface area contributed by atoms with Crippen molar-refractivity contribution in [2.24, 2.45) is 0 Å². The molecule has 0 bridgehead atoms. The van der Waals surface area contributed by atoms with Crippen LogP contribution < -0.4 is 4.74 Å². The highest BCUT2D eigenvalue weighted by Crippen LogP contribution is 2.34. The number of esters is 1. The molecule has 1 heterocycles. The minimum Gasteiger partial charge on any atom is -0.481 e. The first kappa shape index (κ1) is 20.2. The largest absolute Gasteiger partial charge is 0.481 e. The van der Waals surface area contributed by atoms with Gasteiger partial charge in [0.15, 0.2) is 6.61 Å². The molecule has 1 aliphatic heterocycles. The Hall–Kier alpha value is -2.58. The number of benzene rings is 2. The first-order valence-corrected chi connectivity index (χ1v) is 9.87. The van der Waals surface area contributed by atoms with Crippen LogP contribution in [-0.2, 0) is 20.9 Å². The van der Waals surface area contributed by atoms with E-state index in [0.29, 0.717) is 15.1 Å². The van der Waals surface area contributed by atoms with Crippen molar-refractivity contribution in [3.05, 3.63) is 69.0 Å². The smallest absolute Gasteiger partial charge is 0.343 e. The first-order chi connectivity index (χ1) is 13.5. The summed E-state index contributed by atoms with van der Waals surface area (Å²) in [6, 6.07) is 14.5. The van der Waals surface area contributed by atoms with Crippen LogP contribution in [0.1, 0.15) is 11.1 Å². The Morgan fingerprint density at radius 2 is 1.93 bits per heavy atom. The third-order valence-electron chi connectivity index (χ3n) is 3.88. The van der Waals surface area contributed by atoms with E-state index in [1.807, 2.05) is 30.3 Å². The fourth-order valence-corrected chi connectivity index (χ4v) is 3.82. The van der Waals surface area contributed by atoms with Crippen LogP contribution in [0.5, 0.6) is 5.75 Å². The van der Waals surface area contributed by atoms with Crippen LogP contribution in [0.4, 0.5) is 4.79 Å². The van der Waals surface area contributed by atoms with Gasteiger partial charge in [-0.3, -0.25) is 14.5 Å². The van der Waals surface area contributed by atoms with Gasteiger partial charge < -0.3 is 9.47 Å². The van der Waals surface area contributed by atoms with Crippen LogP contribution >= 0.6 is 27.7 Å². The molecule has 2 amide bonds. The number of ether oxygens (including phenoxy) is 2. The van der Waals surface area contributed by atoms with Gasteiger partial charge in [0, 0.05) is 0 Å². The number of hydrogen-bond acceptors (Lipinski definition) is 6. The number of methoxy groups -OCH3 is 1. The molecular weight excluding hydrogens is 446 g/mol. The maximum Gasteiger partial charge on any atom is 0.343 e. The molecule has 0 N–H and O–H groups in total. The predicted octanol–water partition coefficient (Wildman–Crippen LogP) is 4.24. The van der Waals surface area contributed by atoms with E-state index in [4.69, 9.17) is 4.74 Å².